The maximum atomic E-state index is 12.3. The van der Waals surface area contributed by atoms with Crippen LogP contribution in [-0.2, 0) is 16.1 Å². The summed E-state index contributed by atoms with van der Waals surface area (Å²) in [4.78, 5) is 30.1. The third kappa shape index (κ3) is 5.59. The number of carbonyl (C=O) groups is 1. The average Bonchev–Trinajstić information content (AvgIpc) is 2.84. The van der Waals surface area contributed by atoms with E-state index in [0.717, 1.165) is 36.8 Å². The number of anilines is 1. The first-order valence-electron chi connectivity index (χ1n) is 11.6. The van der Waals surface area contributed by atoms with Crippen molar-refractivity contribution in [1.29, 1.82) is 0 Å². The summed E-state index contributed by atoms with van der Waals surface area (Å²) in [6.45, 7) is 3.95. The van der Waals surface area contributed by atoms with Crippen LogP contribution >= 0.6 is 0 Å². The fourth-order valence-corrected chi connectivity index (χ4v) is 4.43. The molecule has 0 unspecified atom stereocenters. The molecule has 2 fully saturated rings. The van der Waals surface area contributed by atoms with Crippen molar-refractivity contribution in [2.24, 2.45) is 5.92 Å². The number of ether oxygens (including phenoxy) is 2. The number of nitrogens with zero attached hydrogens (tertiary/aromatic N) is 5. The molecule has 1 saturated heterocycles. The molecule has 1 aliphatic heterocycles. The highest BCUT2D eigenvalue weighted by molar-refractivity contribution is 5.78. The Kier molecular flexibility index (Phi) is 7.39. The Morgan fingerprint density at radius 1 is 1.21 bits per heavy atom. The molecule has 2 heterocycles. The van der Waals surface area contributed by atoms with Gasteiger partial charge in [-0.2, -0.15) is 15.0 Å². The number of benzene rings is 1. The summed E-state index contributed by atoms with van der Waals surface area (Å²) in [5.41, 5.74) is 1.59. The van der Waals surface area contributed by atoms with Crippen molar-refractivity contribution in [3.63, 3.8) is 0 Å². The first-order valence-corrected chi connectivity index (χ1v) is 11.6. The second kappa shape index (κ2) is 10.4. The maximum Gasteiger partial charge on any atom is 0.322 e. The summed E-state index contributed by atoms with van der Waals surface area (Å²) in [5, 5.41) is 9.54. The van der Waals surface area contributed by atoms with Gasteiger partial charge in [0.25, 0.3) is 0 Å². The van der Waals surface area contributed by atoms with E-state index in [1.165, 1.54) is 0 Å². The molecule has 2 aliphatic rings. The SMILES string of the molecule is C[C@H]1COCCN1c1nc(O[C@H]2CC[C@H](C(=O)N(C)C)CC2)nc(-c2cccc(CO)c2)n1. The van der Waals surface area contributed by atoms with E-state index in [0.29, 0.717) is 37.5 Å². The molecule has 178 valence electrons. The summed E-state index contributed by atoms with van der Waals surface area (Å²) < 4.78 is 11.8. The van der Waals surface area contributed by atoms with Gasteiger partial charge in [-0.15, -0.1) is 0 Å². The van der Waals surface area contributed by atoms with Gasteiger partial charge in [0.1, 0.15) is 6.10 Å². The molecule has 2 aromatic rings. The number of aliphatic hydroxyl groups is 1. The van der Waals surface area contributed by atoms with Gasteiger partial charge in [-0.25, -0.2) is 0 Å². The highest BCUT2D eigenvalue weighted by atomic mass is 16.5. The monoisotopic (exact) mass is 455 g/mol. The largest absolute Gasteiger partial charge is 0.460 e. The van der Waals surface area contributed by atoms with Gasteiger partial charge in [-0.1, -0.05) is 18.2 Å². The van der Waals surface area contributed by atoms with E-state index in [1.807, 2.05) is 24.3 Å². The van der Waals surface area contributed by atoms with Gasteiger partial charge in [0.2, 0.25) is 11.9 Å². The number of aliphatic hydroxyl groups excluding tert-OH is 1. The zero-order valence-corrected chi connectivity index (χ0v) is 19.6. The standard InChI is InChI=1S/C24H33N5O4/c1-16-15-32-12-11-29(16)23-25-21(19-6-4-5-17(13-19)14-30)26-24(27-23)33-20-9-7-18(8-10-20)22(31)28(2)3/h4-6,13,16,18,20,30H,7-12,14-15H2,1-3H3/t16-,18-,20-/m0/s1. The number of amides is 1. The second-order valence-electron chi connectivity index (χ2n) is 9.04. The average molecular weight is 456 g/mol. The second-order valence-corrected chi connectivity index (χ2v) is 9.04. The predicted octanol–water partition coefficient (Wildman–Crippen LogP) is 2.28. The molecule has 33 heavy (non-hydrogen) atoms. The minimum absolute atomic E-state index is 0.0369. The van der Waals surface area contributed by atoms with Gasteiger partial charge in [-0.3, -0.25) is 4.79 Å². The van der Waals surface area contributed by atoms with Crippen LogP contribution in [0.25, 0.3) is 11.4 Å². The van der Waals surface area contributed by atoms with Crippen LogP contribution < -0.4 is 9.64 Å². The van der Waals surface area contributed by atoms with E-state index in [1.54, 1.807) is 19.0 Å². The molecule has 0 bridgehead atoms. The molecule has 0 spiro atoms. The Labute approximate surface area is 194 Å². The molecule has 1 N–H and O–H groups in total. The molecule has 1 aromatic heterocycles. The van der Waals surface area contributed by atoms with Crippen molar-refractivity contribution in [1.82, 2.24) is 19.9 Å². The third-order valence-corrected chi connectivity index (χ3v) is 6.33. The van der Waals surface area contributed by atoms with Crippen LogP contribution in [0.2, 0.25) is 0 Å². The molecular weight excluding hydrogens is 422 g/mol. The van der Waals surface area contributed by atoms with Crippen LogP contribution in [0.4, 0.5) is 5.95 Å². The van der Waals surface area contributed by atoms with Gasteiger partial charge in [-0.05, 0) is 44.2 Å². The number of morpholine rings is 1. The number of aromatic nitrogens is 3. The van der Waals surface area contributed by atoms with Crippen molar-refractivity contribution in [3.05, 3.63) is 29.8 Å². The van der Waals surface area contributed by atoms with Gasteiger partial charge in [0.15, 0.2) is 5.82 Å². The van der Waals surface area contributed by atoms with E-state index in [9.17, 15) is 9.90 Å². The van der Waals surface area contributed by atoms with Gasteiger partial charge in [0.05, 0.1) is 25.9 Å². The van der Waals surface area contributed by atoms with Crippen molar-refractivity contribution in [3.8, 4) is 17.4 Å². The molecular formula is C24H33N5O4. The maximum absolute atomic E-state index is 12.3. The summed E-state index contributed by atoms with van der Waals surface area (Å²) in [6, 6.07) is 7.97. The van der Waals surface area contributed by atoms with Crippen molar-refractivity contribution < 1.29 is 19.4 Å². The minimum atomic E-state index is -0.0510. The van der Waals surface area contributed by atoms with Crippen LogP contribution in [0.3, 0.4) is 0 Å². The van der Waals surface area contributed by atoms with Crippen molar-refractivity contribution in [2.75, 3.05) is 38.8 Å². The van der Waals surface area contributed by atoms with Crippen LogP contribution in [0.1, 0.15) is 38.2 Å². The Morgan fingerprint density at radius 2 is 2.00 bits per heavy atom. The summed E-state index contributed by atoms with van der Waals surface area (Å²) in [7, 11) is 3.61. The van der Waals surface area contributed by atoms with Crippen molar-refractivity contribution in [2.45, 2.75) is 51.4 Å². The lowest BCUT2D eigenvalue weighted by molar-refractivity contribution is -0.134. The molecule has 1 saturated carbocycles. The lowest BCUT2D eigenvalue weighted by Crippen LogP contribution is -2.44. The molecule has 9 heteroatoms. The van der Waals surface area contributed by atoms with E-state index < -0.39 is 0 Å². The highest BCUT2D eigenvalue weighted by Gasteiger charge is 2.29. The molecule has 1 amide bonds. The zero-order valence-electron chi connectivity index (χ0n) is 19.6. The van der Waals surface area contributed by atoms with E-state index in [2.05, 4.69) is 21.8 Å². The molecule has 0 radical (unpaired) electrons. The number of carbonyl (C=O) groups excluding carboxylic acids is 1. The summed E-state index contributed by atoms with van der Waals surface area (Å²) >= 11 is 0. The van der Waals surface area contributed by atoms with Gasteiger partial charge in [0, 0.05) is 32.1 Å². The van der Waals surface area contributed by atoms with E-state index in [4.69, 9.17) is 14.5 Å². The summed E-state index contributed by atoms with van der Waals surface area (Å²) in [5.74, 6) is 1.32. The molecule has 1 aliphatic carbocycles. The molecule has 4 rings (SSSR count). The summed E-state index contributed by atoms with van der Waals surface area (Å²) in [6.07, 6.45) is 3.13. The molecule has 1 aromatic carbocycles. The first-order chi connectivity index (χ1) is 15.9. The van der Waals surface area contributed by atoms with Crippen LogP contribution in [0.5, 0.6) is 6.01 Å². The smallest absolute Gasteiger partial charge is 0.322 e. The Hall–Kier alpha value is -2.78. The Morgan fingerprint density at radius 3 is 2.70 bits per heavy atom. The van der Waals surface area contributed by atoms with Crippen LogP contribution in [-0.4, -0.2) is 76.9 Å². The van der Waals surface area contributed by atoms with Crippen LogP contribution in [0.15, 0.2) is 24.3 Å². The van der Waals surface area contributed by atoms with Gasteiger partial charge < -0.3 is 24.4 Å². The predicted molar refractivity (Wildman–Crippen MR) is 124 cm³/mol. The number of rotatable bonds is 6. The Balaban J connectivity index is 1.58. The van der Waals surface area contributed by atoms with Crippen molar-refractivity contribution >= 4 is 11.9 Å². The number of hydrogen-bond donors (Lipinski definition) is 1. The Bertz CT molecular complexity index is 962. The first kappa shape index (κ1) is 23.4. The topological polar surface area (TPSA) is 101 Å². The van der Waals surface area contributed by atoms with E-state index >= 15 is 0 Å². The number of hydrogen-bond acceptors (Lipinski definition) is 8. The zero-order chi connectivity index (χ0) is 23.4. The molecule has 9 nitrogen and oxygen atoms in total. The van der Waals surface area contributed by atoms with Crippen LogP contribution in [0, 0.1) is 5.92 Å². The lowest BCUT2D eigenvalue weighted by atomic mass is 9.86. The normalized spacial score (nSPS) is 23.3. The van der Waals surface area contributed by atoms with Gasteiger partial charge >= 0.3 is 6.01 Å². The fourth-order valence-electron chi connectivity index (χ4n) is 4.43. The molecule has 1 atom stereocenters. The minimum Gasteiger partial charge on any atom is -0.460 e. The highest BCUT2D eigenvalue weighted by Crippen LogP contribution is 2.29. The quantitative estimate of drug-likeness (QED) is 0.708. The lowest BCUT2D eigenvalue weighted by Gasteiger charge is -2.33. The third-order valence-electron chi connectivity index (χ3n) is 6.33. The fraction of sp³-hybridized carbons (Fsp3) is 0.583. The van der Waals surface area contributed by atoms with E-state index in [-0.39, 0.29) is 30.6 Å².